The molecule has 3 aromatic carbocycles. The molecule has 49 heavy (non-hydrogen) atoms. The van der Waals surface area contributed by atoms with Crippen molar-refractivity contribution >= 4 is 27.0 Å². The molecular weight excluding hydrogens is 637 g/mol. The quantitative estimate of drug-likeness (QED) is 0.104. The molecule has 0 amide bonds. The van der Waals surface area contributed by atoms with Crippen molar-refractivity contribution in [3.05, 3.63) is 102 Å². The fourth-order valence-electron chi connectivity index (χ4n) is 6.69. The average molecular weight is 703 g/mol. The molecule has 0 spiro atoms. The summed E-state index contributed by atoms with van der Waals surface area (Å²) in [5.41, 5.74) is 2.55. The molecule has 0 unspecified atom stereocenters. The molecule has 4 atom stereocenters. The normalized spacial score (nSPS) is 15.8. The molecule has 0 bridgehead atoms. The Morgan fingerprint density at radius 2 is 1.27 bits per heavy atom. The van der Waals surface area contributed by atoms with E-state index < -0.39 is 16.6 Å². The van der Waals surface area contributed by atoms with Crippen LogP contribution >= 0.6 is 0 Å². The summed E-state index contributed by atoms with van der Waals surface area (Å²) < 4.78 is 26.2. The van der Waals surface area contributed by atoms with Crippen LogP contribution in [0.15, 0.2) is 96.6 Å². The van der Waals surface area contributed by atoms with Crippen LogP contribution in [0.5, 0.6) is 5.75 Å². The number of hydrogen-bond donors (Lipinski definition) is 0. The van der Waals surface area contributed by atoms with Gasteiger partial charge < -0.3 is 18.3 Å². The molecule has 0 radical (unpaired) electrons. The van der Waals surface area contributed by atoms with Crippen molar-refractivity contribution in [1.29, 1.82) is 0 Å². The minimum Gasteiger partial charge on any atom is -0.497 e. The Labute approximate surface area is 301 Å². The van der Waals surface area contributed by atoms with Crippen LogP contribution in [0.1, 0.15) is 81.2 Å². The molecule has 0 heterocycles. The summed E-state index contributed by atoms with van der Waals surface area (Å²) in [7, 11) is -3.05. The first-order chi connectivity index (χ1) is 22.9. The average Bonchev–Trinajstić information content (AvgIpc) is 3.04. The smallest absolute Gasteiger partial charge is 0.261 e. The van der Waals surface area contributed by atoms with Gasteiger partial charge in [-0.05, 0) is 76.4 Å². The lowest BCUT2D eigenvalue weighted by atomic mass is 9.91. The first-order valence-corrected chi connectivity index (χ1v) is 23.0. The second kappa shape index (κ2) is 17.6. The number of rotatable bonds is 17. The Hall–Kier alpha value is -2.49. The fraction of sp³-hybridized carbons (Fsp3) is 0.535. The van der Waals surface area contributed by atoms with Crippen LogP contribution in [0.4, 0.5) is 0 Å². The number of allylic oxidation sites excluding steroid dienone is 1. The van der Waals surface area contributed by atoms with Crippen molar-refractivity contribution in [2.45, 2.75) is 112 Å². The Balaban J connectivity index is 1.83. The van der Waals surface area contributed by atoms with Gasteiger partial charge in [0, 0.05) is 19.1 Å². The van der Waals surface area contributed by atoms with E-state index in [1.54, 1.807) is 7.11 Å². The summed E-state index contributed by atoms with van der Waals surface area (Å²) in [4.78, 5) is 0. The van der Waals surface area contributed by atoms with Crippen molar-refractivity contribution < 1.29 is 18.3 Å². The summed E-state index contributed by atoms with van der Waals surface area (Å²) in [6.07, 6.45) is 3.49. The molecule has 0 aliphatic rings. The minimum atomic E-state index is -2.66. The summed E-state index contributed by atoms with van der Waals surface area (Å²) in [6, 6.07) is 30.0. The standard InChI is InChI=1S/C43H66O4Si2/c1-33(28-34(2)30-45-32-37-24-26-38(44-11)27-25-37)29-35(3)41(47-48(12,13)42(5,6)7)36(4)31-46-49(43(8,9)10,39-20-16-14-17-21-39)40-22-18-15-19-23-40/h14-27,29,34-36,41H,28,30-32H2,1-13H3/b33-29+/t34-,35-,36-,41+/m0/s1. The van der Waals surface area contributed by atoms with Crippen LogP contribution < -0.4 is 15.1 Å². The number of ether oxygens (including phenoxy) is 2. The predicted molar refractivity (Wildman–Crippen MR) is 214 cm³/mol. The zero-order valence-electron chi connectivity index (χ0n) is 32.9. The van der Waals surface area contributed by atoms with E-state index in [9.17, 15) is 0 Å². The van der Waals surface area contributed by atoms with E-state index in [0.29, 0.717) is 19.1 Å². The van der Waals surface area contributed by atoms with Crippen molar-refractivity contribution in [2.24, 2.45) is 17.8 Å². The van der Waals surface area contributed by atoms with Gasteiger partial charge in [-0.1, -0.05) is 147 Å². The van der Waals surface area contributed by atoms with Gasteiger partial charge in [0.05, 0.1) is 19.8 Å². The third-order valence-corrected chi connectivity index (χ3v) is 19.8. The summed E-state index contributed by atoms with van der Waals surface area (Å²) in [5, 5.41) is 2.67. The Kier molecular flexibility index (Phi) is 14.7. The monoisotopic (exact) mass is 702 g/mol. The first kappa shape index (κ1) is 40.9. The SMILES string of the molecule is COc1ccc(COC[C@@H](C)C/C(C)=C/[C@H](C)[C@@H](O[Si](C)(C)C(C)(C)C)[C@@H](C)CO[Si](c2ccccc2)(c2ccccc2)C(C)(C)C)cc1. The van der Waals surface area contributed by atoms with E-state index in [2.05, 4.69) is 161 Å². The van der Waals surface area contributed by atoms with E-state index >= 15 is 0 Å². The zero-order valence-corrected chi connectivity index (χ0v) is 34.9. The number of methoxy groups -OCH3 is 1. The summed E-state index contributed by atoms with van der Waals surface area (Å²) in [5.74, 6) is 1.71. The molecule has 270 valence electrons. The van der Waals surface area contributed by atoms with Crippen LogP contribution in [0, 0.1) is 17.8 Å². The van der Waals surface area contributed by atoms with Crippen molar-refractivity contribution in [1.82, 2.24) is 0 Å². The summed E-state index contributed by atoms with van der Waals surface area (Å²) >= 11 is 0. The number of benzene rings is 3. The maximum atomic E-state index is 7.45. The van der Waals surface area contributed by atoms with E-state index in [1.165, 1.54) is 15.9 Å². The lowest BCUT2D eigenvalue weighted by Crippen LogP contribution is -2.67. The highest BCUT2D eigenvalue weighted by Crippen LogP contribution is 2.41. The van der Waals surface area contributed by atoms with Gasteiger partial charge in [-0.2, -0.15) is 0 Å². The highest BCUT2D eigenvalue weighted by atomic mass is 28.4. The van der Waals surface area contributed by atoms with Crippen molar-refractivity contribution in [2.75, 3.05) is 20.3 Å². The lowest BCUT2D eigenvalue weighted by molar-refractivity contribution is 0.0632. The van der Waals surface area contributed by atoms with Gasteiger partial charge in [0.1, 0.15) is 5.75 Å². The van der Waals surface area contributed by atoms with E-state index in [4.69, 9.17) is 18.3 Å². The third-order valence-electron chi connectivity index (χ3n) is 10.3. The van der Waals surface area contributed by atoms with Crippen LogP contribution in [0.2, 0.25) is 23.2 Å². The maximum Gasteiger partial charge on any atom is 0.261 e. The molecule has 0 saturated carbocycles. The summed E-state index contributed by atoms with van der Waals surface area (Å²) in [6.45, 7) is 30.0. The third kappa shape index (κ3) is 11.0. The van der Waals surface area contributed by atoms with E-state index in [1.807, 2.05) is 12.1 Å². The van der Waals surface area contributed by atoms with Crippen molar-refractivity contribution in [3.63, 3.8) is 0 Å². The molecule has 0 saturated heterocycles. The lowest BCUT2D eigenvalue weighted by Gasteiger charge is -2.45. The maximum absolute atomic E-state index is 7.45. The van der Waals surface area contributed by atoms with Gasteiger partial charge in [-0.3, -0.25) is 0 Å². The van der Waals surface area contributed by atoms with Gasteiger partial charge in [0.25, 0.3) is 8.32 Å². The van der Waals surface area contributed by atoms with Gasteiger partial charge in [-0.15, -0.1) is 0 Å². The van der Waals surface area contributed by atoms with Crippen LogP contribution in [-0.2, 0) is 20.2 Å². The highest BCUT2D eigenvalue weighted by molar-refractivity contribution is 6.99. The van der Waals surface area contributed by atoms with Gasteiger partial charge in [-0.25, -0.2) is 0 Å². The molecule has 0 aliphatic heterocycles. The van der Waals surface area contributed by atoms with Gasteiger partial charge in [0.15, 0.2) is 8.32 Å². The van der Waals surface area contributed by atoms with E-state index in [-0.39, 0.29) is 28.0 Å². The minimum absolute atomic E-state index is 0.0377. The predicted octanol–water partition coefficient (Wildman–Crippen LogP) is 10.4. The second-order valence-electron chi connectivity index (χ2n) is 16.8. The number of hydrogen-bond acceptors (Lipinski definition) is 4. The molecule has 0 fully saturated rings. The Morgan fingerprint density at radius 3 is 1.73 bits per heavy atom. The molecule has 0 N–H and O–H groups in total. The zero-order chi connectivity index (χ0) is 36.5. The molecule has 4 nitrogen and oxygen atoms in total. The van der Waals surface area contributed by atoms with Crippen LogP contribution in [-0.4, -0.2) is 43.1 Å². The van der Waals surface area contributed by atoms with E-state index in [0.717, 1.165) is 24.3 Å². The molecule has 0 aliphatic carbocycles. The van der Waals surface area contributed by atoms with Crippen molar-refractivity contribution in [3.8, 4) is 5.75 Å². The van der Waals surface area contributed by atoms with Gasteiger partial charge in [0.2, 0.25) is 0 Å². The Bertz CT molecular complexity index is 1380. The Morgan fingerprint density at radius 1 is 0.735 bits per heavy atom. The fourth-order valence-corrected chi connectivity index (χ4v) is 12.8. The molecule has 0 aromatic heterocycles. The highest BCUT2D eigenvalue weighted by Gasteiger charge is 2.51. The second-order valence-corrected chi connectivity index (χ2v) is 25.9. The van der Waals surface area contributed by atoms with Gasteiger partial charge >= 0.3 is 0 Å². The topological polar surface area (TPSA) is 36.9 Å². The molecular formula is C43H66O4Si2. The first-order valence-electron chi connectivity index (χ1n) is 18.2. The van der Waals surface area contributed by atoms with Crippen LogP contribution in [0.25, 0.3) is 0 Å². The van der Waals surface area contributed by atoms with Crippen LogP contribution in [0.3, 0.4) is 0 Å². The largest absolute Gasteiger partial charge is 0.497 e. The molecule has 3 rings (SSSR count). The molecule has 6 heteroatoms. The molecule has 3 aromatic rings.